The number of aromatic hydroxyl groups is 20. The van der Waals surface area contributed by atoms with Crippen molar-refractivity contribution in [2.45, 2.75) is 115 Å². The summed E-state index contributed by atoms with van der Waals surface area (Å²) in [6.07, 6.45) is 9.43. The number of rotatable bonds is 30. The van der Waals surface area contributed by atoms with E-state index >= 15 is 0 Å². The Hall–Kier alpha value is -13.4. The number of benzene rings is 12. The normalized spacial score (nSPS) is 12.4. The van der Waals surface area contributed by atoms with E-state index in [1.165, 1.54) is 72.8 Å². The molecule has 0 radical (unpaired) electrons. The smallest absolute Gasteiger partial charge is 0.200 e. The zero-order valence-electron chi connectivity index (χ0n) is 61.4. The topological polar surface area (TPSA) is 405 Å². The first-order chi connectivity index (χ1) is 53.6. The van der Waals surface area contributed by atoms with Gasteiger partial charge in [-0.25, -0.2) is 0 Å². The van der Waals surface area contributed by atoms with Crippen LogP contribution in [0.3, 0.4) is 0 Å². The Kier molecular flexibility index (Phi) is 25.8. The van der Waals surface area contributed by atoms with E-state index in [0.717, 1.165) is 66.8 Å². The van der Waals surface area contributed by atoms with Crippen molar-refractivity contribution in [1.82, 2.24) is 0 Å². The van der Waals surface area contributed by atoms with Gasteiger partial charge in [0.1, 0.15) is 46.0 Å². The highest BCUT2D eigenvalue weighted by molar-refractivity contribution is 5.55. The van der Waals surface area contributed by atoms with Crippen LogP contribution in [0.4, 0.5) is 0 Å². The molecule has 12 aromatic carbocycles. The summed E-state index contributed by atoms with van der Waals surface area (Å²) < 4.78 is 0. The van der Waals surface area contributed by atoms with Gasteiger partial charge in [0.05, 0.1) is 0 Å². The number of aryl methyl sites for hydroxylation is 10. The van der Waals surface area contributed by atoms with E-state index in [2.05, 4.69) is 24.3 Å². The minimum atomic E-state index is -0.546. The lowest BCUT2D eigenvalue weighted by molar-refractivity contribution is 0.367. The van der Waals surface area contributed by atoms with Gasteiger partial charge in [-0.05, 0) is 312 Å². The molecule has 0 aliphatic carbocycles. The number of phenols is 20. The zero-order chi connectivity index (χ0) is 79.9. The van der Waals surface area contributed by atoms with Crippen LogP contribution in [0.1, 0.15) is 114 Å². The Morgan fingerprint density at radius 3 is 0.545 bits per heavy atom. The predicted molar refractivity (Wildman–Crippen MR) is 424 cm³/mol. The Morgan fingerprint density at radius 1 is 0.161 bits per heavy atom. The van der Waals surface area contributed by atoms with E-state index in [-0.39, 0.29) is 116 Å². The van der Waals surface area contributed by atoms with E-state index in [1.54, 1.807) is 48.5 Å². The van der Waals surface area contributed by atoms with Gasteiger partial charge in [-0.1, -0.05) is 97.1 Å². The molecule has 0 saturated heterocycles. The first-order valence-corrected chi connectivity index (χ1v) is 36.9. The highest BCUT2D eigenvalue weighted by Gasteiger charge is 2.29. The average molecular weight is 1520 g/mol. The maximum absolute atomic E-state index is 10.6. The lowest BCUT2D eigenvalue weighted by atomic mass is 9.75. The molecule has 20 N–H and O–H groups in total. The molecular formula is C92H92O20. The van der Waals surface area contributed by atoms with Crippen molar-refractivity contribution >= 4 is 0 Å². The highest BCUT2D eigenvalue weighted by atomic mass is 16.3. The van der Waals surface area contributed by atoms with E-state index in [0.29, 0.717) is 125 Å². The van der Waals surface area contributed by atoms with Crippen LogP contribution in [0.25, 0.3) is 0 Å². The average Bonchev–Trinajstić information content (AvgIpc) is 0.815. The summed E-state index contributed by atoms with van der Waals surface area (Å²) in [5.41, 5.74) is 14.1. The van der Waals surface area contributed by atoms with Crippen molar-refractivity contribution in [2.75, 3.05) is 0 Å². The van der Waals surface area contributed by atoms with Crippen molar-refractivity contribution in [1.29, 1.82) is 0 Å². The maximum atomic E-state index is 10.6. The lowest BCUT2D eigenvalue weighted by Crippen LogP contribution is -2.19. The van der Waals surface area contributed by atoms with Gasteiger partial charge in [-0.15, -0.1) is 0 Å². The minimum absolute atomic E-state index is 0.0292. The second kappa shape index (κ2) is 36.2. The monoisotopic (exact) mass is 1520 g/mol. The quantitative estimate of drug-likeness (QED) is 0.0186. The van der Waals surface area contributed by atoms with Crippen LogP contribution in [0, 0.1) is 11.8 Å². The fraction of sp³-hybridized carbons (Fsp3) is 0.217. The van der Waals surface area contributed by atoms with Crippen molar-refractivity contribution in [3.05, 3.63) is 307 Å². The van der Waals surface area contributed by atoms with E-state index in [4.69, 9.17) is 0 Å². The van der Waals surface area contributed by atoms with Gasteiger partial charge in [0, 0.05) is 24.3 Å². The molecular weight excluding hydrogens is 1420 g/mol. The predicted octanol–water partition coefficient (Wildman–Crippen LogP) is 16.3. The Labute approximate surface area is 647 Å². The molecule has 0 amide bonds. The Morgan fingerprint density at radius 2 is 0.330 bits per heavy atom. The van der Waals surface area contributed by atoms with E-state index in [9.17, 15) is 102 Å². The van der Waals surface area contributed by atoms with Crippen LogP contribution in [-0.2, 0) is 89.9 Å². The van der Waals surface area contributed by atoms with Gasteiger partial charge in [-0.2, -0.15) is 0 Å². The molecule has 12 aromatic rings. The van der Waals surface area contributed by atoms with Crippen LogP contribution >= 0.6 is 0 Å². The molecule has 0 aliphatic rings. The fourth-order valence-corrected chi connectivity index (χ4v) is 14.8. The van der Waals surface area contributed by atoms with Crippen molar-refractivity contribution in [2.24, 2.45) is 11.8 Å². The van der Waals surface area contributed by atoms with Crippen molar-refractivity contribution in [3.8, 4) is 115 Å². The summed E-state index contributed by atoms with van der Waals surface area (Å²) in [4.78, 5) is 0. The third-order valence-electron chi connectivity index (χ3n) is 20.7. The molecule has 0 saturated carbocycles. The Bertz CT molecular complexity index is 4720. The highest BCUT2D eigenvalue weighted by Crippen LogP contribution is 2.44. The fourth-order valence-electron chi connectivity index (χ4n) is 14.8. The second-order valence-corrected chi connectivity index (χ2v) is 29.1. The van der Waals surface area contributed by atoms with Crippen molar-refractivity contribution < 1.29 is 102 Å². The SMILES string of the molecule is Oc1cc(O)cc(CC[C@@H](Cc2ccc(CCc3cc(O)c(O)c(O)c3)cc2)[C@H](Cc2ccc(CCc3cc(O)c(O)c(O)c3)cc2)c2cc(O)cc(O)c2)c1.Oc1cc(O)cc(CC[C@H](Cc2ccc(CCc3cc(O)c(O)c(O)c3)cc2)[C@@H](Cc2ccc(CCc3cc(O)c(O)c(O)c3)cc2)c2cc(O)cc(O)c2)c1. The molecule has 580 valence electrons. The number of hydrogen-bond donors (Lipinski definition) is 20. The lowest BCUT2D eigenvalue weighted by Gasteiger charge is -2.29. The molecule has 0 fully saturated rings. The molecule has 0 spiro atoms. The minimum Gasteiger partial charge on any atom is -0.508 e. The number of hydrogen-bond acceptors (Lipinski definition) is 20. The Balaban J connectivity index is 0.000000221. The molecule has 12 rings (SSSR count). The summed E-state index contributed by atoms with van der Waals surface area (Å²) >= 11 is 0. The van der Waals surface area contributed by atoms with Crippen LogP contribution in [0.5, 0.6) is 115 Å². The van der Waals surface area contributed by atoms with Gasteiger partial charge in [-0.3, -0.25) is 0 Å². The molecule has 0 heterocycles. The standard InChI is InChI=1S/2C46H46O10/c2*47-36-16-31(17-37(48)25-36)13-14-34(15-29-7-1-27(2-8-29)5-11-32-19-41(51)45(55)42(52)20-32)40(35-23-38(49)26-39(50)24-35)18-30-9-3-28(4-10-30)6-12-33-21-43(53)46(56)44(54)22-33/h2*1-4,7-10,16-17,19-26,34,40,47-56H,5-6,11-15,18H2/t2*34-,40-/m10/s1. The number of phenolic OH excluding ortho intramolecular Hbond substituents is 20. The zero-order valence-corrected chi connectivity index (χ0v) is 61.4. The molecule has 112 heavy (non-hydrogen) atoms. The largest absolute Gasteiger partial charge is 0.508 e. The van der Waals surface area contributed by atoms with Gasteiger partial charge in [0.25, 0.3) is 0 Å². The van der Waals surface area contributed by atoms with Crippen LogP contribution in [0.15, 0.2) is 218 Å². The first kappa shape index (κ1) is 79.7. The molecule has 0 bridgehead atoms. The molecule has 4 atom stereocenters. The van der Waals surface area contributed by atoms with Crippen LogP contribution in [-0.4, -0.2) is 102 Å². The first-order valence-electron chi connectivity index (χ1n) is 36.9. The van der Waals surface area contributed by atoms with Gasteiger partial charge in [0.15, 0.2) is 69.0 Å². The summed E-state index contributed by atoms with van der Waals surface area (Å²) in [5.74, 6) is -5.93. The summed E-state index contributed by atoms with van der Waals surface area (Å²) in [6.45, 7) is 0. The van der Waals surface area contributed by atoms with Crippen LogP contribution in [0.2, 0.25) is 0 Å². The maximum Gasteiger partial charge on any atom is 0.200 e. The van der Waals surface area contributed by atoms with Gasteiger partial charge < -0.3 is 102 Å². The third-order valence-corrected chi connectivity index (χ3v) is 20.7. The molecule has 0 unspecified atom stereocenters. The van der Waals surface area contributed by atoms with Gasteiger partial charge >= 0.3 is 0 Å². The summed E-state index contributed by atoms with van der Waals surface area (Å²) in [7, 11) is 0. The third kappa shape index (κ3) is 22.0. The second-order valence-electron chi connectivity index (χ2n) is 29.1. The van der Waals surface area contributed by atoms with E-state index < -0.39 is 23.0 Å². The molecule has 0 aliphatic heterocycles. The molecule has 20 nitrogen and oxygen atoms in total. The van der Waals surface area contributed by atoms with Crippen LogP contribution < -0.4 is 0 Å². The van der Waals surface area contributed by atoms with E-state index in [1.807, 2.05) is 72.8 Å². The summed E-state index contributed by atoms with van der Waals surface area (Å²) in [6, 6.07) is 62.6. The van der Waals surface area contributed by atoms with Crippen molar-refractivity contribution in [3.63, 3.8) is 0 Å². The van der Waals surface area contributed by atoms with Gasteiger partial charge in [0.2, 0.25) is 0 Å². The summed E-state index contributed by atoms with van der Waals surface area (Å²) in [5, 5.41) is 201. The molecule has 0 aromatic heterocycles. The molecule has 20 heteroatoms.